The number of nitrogens with one attached hydrogen (secondary N) is 1. The van der Waals surface area contributed by atoms with Crippen LogP contribution in [0.25, 0.3) is 0 Å². The van der Waals surface area contributed by atoms with Gasteiger partial charge in [-0.15, -0.1) is 17.9 Å². The largest absolute Gasteiger partial charge is 0.460 e. The normalized spacial score (nSPS) is 17.7. The van der Waals surface area contributed by atoms with E-state index in [1.165, 1.54) is 23.3 Å². The van der Waals surface area contributed by atoms with Gasteiger partial charge in [-0.25, -0.2) is 9.59 Å². The molecule has 0 spiro atoms. The zero-order valence-corrected chi connectivity index (χ0v) is 15.9. The second-order valence-electron chi connectivity index (χ2n) is 5.05. The van der Waals surface area contributed by atoms with E-state index in [0.29, 0.717) is 24.4 Å². The molecule has 0 saturated heterocycles. The van der Waals surface area contributed by atoms with Crippen LogP contribution in [0, 0.1) is 0 Å². The van der Waals surface area contributed by atoms with Crippen molar-refractivity contribution in [3.8, 4) is 0 Å². The van der Waals surface area contributed by atoms with E-state index in [2.05, 4.69) is 27.8 Å². The molecular formula is C16H19BrN2O4S. The van der Waals surface area contributed by atoms with Gasteiger partial charge in [0.25, 0.3) is 0 Å². The Balaban J connectivity index is 2.39. The van der Waals surface area contributed by atoms with Crippen LogP contribution in [0.1, 0.15) is 17.8 Å². The van der Waals surface area contributed by atoms with Gasteiger partial charge in [-0.2, -0.15) is 0 Å². The summed E-state index contributed by atoms with van der Waals surface area (Å²) in [6.45, 7) is 6.18. The molecule has 2 rings (SSSR count). The molecule has 0 saturated carbocycles. The molecule has 1 atom stereocenters. The van der Waals surface area contributed by atoms with Gasteiger partial charge in [0.05, 0.1) is 22.0 Å². The van der Waals surface area contributed by atoms with Gasteiger partial charge in [-0.05, 0) is 35.0 Å². The fourth-order valence-corrected chi connectivity index (χ4v) is 3.87. The Hall–Kier alpha value is -1.64. The van der Waals surface area contributed by atoms with Crippen molar-refractivity contribution < 1.29 is 19.1 Å². The number of halogens is 1. The quantitative estimate of drug-likeness (QED) is 0.422. The van der Waals surface area contributed by atoms with Crippen molar-refractivity contribution in [3.63, 3.8) is 0 Å². The molecular weight excluding hydrogens is 396 g/mol. The maximum Gasteiger partial charge on any atom is 0.338 e. The minimum Gasteiger partial charge on any atom is -0.460 e. The zero-order valence-electron chi connectivity index (χ0n) is 13.5. The summed E-state index contributed by atoms with van der Waals surface area (Å²) >= 11 is 4.87. The van der Waals surface area contributed by atoms with Crippen molar-refractivity contribution in [2.24, 2.45) is 0 Å². The summed E-state index contributed by atoms with van der Waals surface area (Å²) < 4.78 is 11.1. The van der Waals surface area contributed by atoms with Gasteiger partial charge in [0.2, 0.25) is 0 Å². The van der Waals surface area contributed by atoms with Crippen molar-refractivity contribution in [1.82, 2.24) is 10.2 Å². The molecule has 2 heterocycles. The number of allylic oxidation sites excluding steroid dienone is 1. The average Bonchev–Trinajstić information content (AvgIpc) is 2.97. The highest BCUT2D eigenvalue weighted by atomic mass is 79.9. The highest BCUT2D eigenvalue weighted by Crippen LogP contribution is 2.36. The number of carbonyl (C=O) groups excluding carboxylic acids is 2. The van der Waals surface area contributed by atoms with E-state index in [1.807, 2.05) is 12.1 Å². The van der Waals surface area contributed by atoms with Crippen LogP contribution in [0.4, 0.5) is 4.79 Å². The third-order valence-electron chi connectivity index (χ3n) is 3.53. The first-order valence-corrected chi connectivity index (χ1v) is 8.91. The molecule has 0 fully saturated rings. The standard InChI is InChI=1S/C16H19BrN2O4S/c1-4-7-19-10(2)13(15(20)23-9-8-22-3)14(18-16(19)21)11-5-6-12(17)24-11/h4-6,14H,1,7-9H2,2-3H3,(H,18,21)/t14-/m1/s1. The molecule has 1 aliphatic rings. The number of amides is 2. The number of urea groups is 1. The third kappa shape index (κ3) is 4.06. The number of ether oxygens (including phenoxy) is 2. The molecule has 0 aromatic carbocycles. The fraction of sp³-hybridized carbons (Fsp3) is 0.375. The lowest BCUT2D eigenvalue weighted by Crippen LogP contribution is -2.47. The maximum absolute atomic E-state index is 12.6. The van der Waals surface area contributed by atoms with Crippen LogP contribution in [0.2, 0.25) is 0 Å². The van der Waals surface area contributed by atoms with E-state index < -0.39 is 12.0 Å². The molecule has 1 aliphatic heterocycles. The van der Waals surface area contributed by atoms with Crippen LogP contribution in [0.3, 0.4) is 0 Å². The van der Waals surface area contributed by atoms with Crippen LogP contribution in [0.15, 0.2) is 39.8 Å². The van der Waals surface area contributed by atoms with Gasteiger partial charge in [-0.3, -0.25) is 4.90 Å². The zero-order chi connectivity index (χ0) is 17.7. The van der Waals surface area contributed by atoms with Gasteiger partial charge in [0, 0.05) is 24.2 Å². The van der Waals surface area contributed by atoms with Gasteiger partial charge in [0.15, 0.2) is 0 Å². The first kappa shape index (κ1) is 18.7. The summed E-state index contributed by atoms with van der Waals surface area (Å²) in [4.78, 5) is 27.3. The molecule has 2 amide bonds. The van der Waals surface area contributed by atoms with E-state index in [9.17, 15) is 9.59 Å². The molecule has 24 heavy (non-hydrogen) atoms. The Bertz CT molecular complexity index is 671. The Morgan fingerprint density at radius 1 is 1.50 bits per heavy atom. The number of nitrogens with zero attached hydrogens (tertiary/aromatic N) is 1. The number of hydrogen-bond acceptors (Lipinski definition) is 5. The second kappa shape index (κ2) is 8.46. The van der Waals surface area contributed by atoms with Crippen LogP contribution < -0.4 is 5.32 Å². The first-order chi connectivity index (χ1) is 11.5. The number of methoxy groups -OCH3 is 1. The lowest BCUT2D eigenvalue weighted by Gasteiger charge is -2.34. The summed E-state index contributed by atoms with van der Waals surface area (Å²) in [6, 6.07) is 2.95. The number of rotatable bonds is 7. The van der Waals surface area contributed by atoms with Gasteiger partial charge in [-0.1, -0.05) is 6.08 Å². The lowest BCUT2D eigenvalue weighted by molar-refractivity contribution is -0.140. The molecule has 0 radical (unpaired) electrons. The van der Waals surface area contributed by atoms with E-state index in [4.69, 9.17) is 9.47 Å². The molecule has 0 bridgehead atoms. The Kier molecular flexibility index (Phi) is 6.59. The van der Waals surface area contributed by atoms with Crippen LogP contribution in [0.5, 0.6) is 0 Å². The summed E-state index contributed by atoms with van der Waals surface area (Å²) in [5.74, 6) is -0.465. The molecule has 1 aromatic heterocycles. The lowest BCUT2D eigenvalue weighted by atomic mass is 10.0. The van der Waals surface area contributed by atoms with Gasteiger partial charge in [0.1, 0.15) is 6.61 Å². The molecule has 1 N–H and O–H groups in total. The monoisotopic (exact) mass is 414 g/mol. The van der Waals surface area contributed by atoms with E-state index in [0.717, 1.165) is 8.66 Å². The third-order valence-corrected chi connectivity index (χ3v) is 5.22. The van der Waals surface area contributed by atoms with E-state index in [-0.39, 0.29) is 12.6 Å². The molecule has 6 nitrogen and oxygen atoms in total. The summed E-state index contributed by atoms with van der Waals surface area (Å²) in [5, 5.41) is 2.87. The van der Waals surface area contributed by atoms with Crippen molar-refractivity contribution in [3.05, 3.63) is 44.7 Å². The average molecular weight is 415 g/mol. The molecule has 0 aliphatic carbocycles. The van der Waals surface area contributed by atoms with Gasteiger partial charge < -0.3 is 14.8 Å². The van der Waals surface area contributed by atoms with Crippen LogP contribution >= 0.6 is 27.3 Å². The predicted octanol–water partition coefficient (Wildman–Crippen LogP) is 3.23. The first-order valence-electron chi connectivity index (χ1n) is 7.30. The van der Waals surface area contributed by atoms with Crippen molar-refractivity contribution >= 4 is 39.3 Å². The van der Waals surface area contributed by atoms with Crippen molar-refractivity contribution in [2.75, 3.05) is 26.9 Å². The Labute approximate surface area is 153 Å². The van der Waals surface area contributed by atoms with E-state index in [1.54, 1.807) is 13.0 Å². The molecule has 0 unspecified atom stereocenters. The number of thiophene rings is 1. The summed E-state index contributed by atoms with van der Waals surface area (Å²) in [6.07, 6.45) is 1.61. The number of esters is 1. The minimum absolute atomic E-state index is 0.155. The highest BCUT2D eigenvalue weighted by Gasteiger charge is 2.36. The molecule has 1 aromatic rings. The minimum atomic E-state index is -0.537. The summed E-state index contributed by atoms with van der Waals surface area (Å²) in [7, 11) is 1.54. The SMILES string of the molecule is C=CCN1C(=O)N[C@H](c2ccc(Br)s2)C(C(=O)OCCOC)=C1C. The molecule has 8 heteroatoms. The topological polar surface area (TPSA) is 67.9 Å². The number of hydrogen-bond donors (Lipinski definition) is 1. The van der Waals surface area contributed by atoms with Crippen molar-refractivity contribution in [1.29, 1.82) is 0 Å². The highest BCUT2D eigenvalue weighted by molar-refractivity contribution is 9.11. The van der Waals surface area contributed by atoms with Gasteiger partial charge >= 0.3 is 12.0 Å². The Morgan fingerprint density at radius 2 is 2.25 bits per heavy atom. The van der Waals surface area contributed by atoms with E-state index >= 15 is 0 Å². The fourth-order valence-electron chi connectivity index (χ4n) is 2.39. The molecule has 130 valence electrons. The van der Waals surface area contributed by atoms with Crippen LogP contribution in [-0.2, 0) is 14.3 Å². The number of carbonyl (C=O) groups is 2. The summed E-state index contributed by atoms with van der Waals surface area (Å²) in [5.41, 5.74) is 0.984. The predicted molar refractivity (Wildman–Crippen MR) is 95.7 cm³/mol. The van der Waals surface area contributed by atoms with Crippen LogP contribution in [-0.4, -0.2) is 43.8 Å². The Morgan fingerprint density at radius 3 is 2.83 bits per heavy atom. The van der Waals surface area contributed by atoms with Crippen molar-refractivity contribution in [2.45, 2.75) is 13.0 Å². The maximum atomic E-state index is 12.6. The smallest absolute Gasteiger partial charge is 0.338 e. The second-order valence-corrected chi connectivity index (χ2v) is 7.55.